The van der Waals surface area contributed by atoms with Gasteiger partial charge in [0.05, 0.1) is 27.6 Å². The molecular weight excluding hydrogens is 1370 g/mol. The van der Waals surface area contributed by atoms with E-state index in [2.05, 4.69) is 111 Å². The average Bonchev–Trinajstić information content (AvgIpc) is 1.66. The molecule has 0 amide bonds. The van der Waals surface area contributed by atoms with Crippen LogP contribution in [0.3, 0.4) is 0 Å². The fourth-order valence-corrected chi connectivity index (χ4v) is 21.5. The number of aryl methyl sites for hydroxylation is 4. The van der Waals surface area contributed by atoms with Crippen molar-refractivity contribution in [3.63, 3.8) is 0 Å². The number of aliphatic hydroxyl groups is 3. The van der Waals surface area contributed by atoms with Gasteiger partial charge in [-0.1, -0.05) is 62.7 Å². The normalized spacial score (nSPS) is 24.1. The Kier molecular flexibility index (Phi) is 29.5. The zero-order chi connectivity index (χ0) is 70.1. The molecule has 0 aliphatic heterocycles. The maximum atomic E-state index is 9.31. The van der Waals surface area contributed by atoms with E-state index in [9.17, 15) is 10.2 Å². The molecule has 4 N–H and O–H groups in total. The summed E-state index contributed by atoms with van der Waals surface area (Å²) in [6, 6.07) is 2.08. The third kappa shape index (κ3) is 20.1. The molecule has 8 heterocycles. The molecular formula is C75H107Cl2N11O7S4. The Hall–Kier alpha value is -4.43. The molecule has 0 bridgehead atoms. The number of halogens is 2. The first-order valence-corrected chi connectivity index (χ1v) is 40.7. The molecule has 8 aromatic rings. The molecule has 15 rings (SSSR count). The summed E-state index contributed by atoms with van der Waals surface area (Å²) in [5.41, 5.74) is 5.63. The van der Waals surface area contributed by atoms with Crippen LogP contribution in [0.1, 0.15) is 197 Å². The predicted octanol–water partition coefficient (Wildman–Crippen LogP) is 15.9. The number of rotatable bonds is 15. The molecule has 18 nitrogen and oxygen atoms in total. The van der Waals surface area contributed by atoms with Gasteiger partial charge in [-0.25, -0.2) is 39.9 Å². The Balaban J connectivity index is 0.000000137. The molecule has 0 aromatic carbocycles. The second kappa shape index (κ2) is 37.8. The zero-order valence-electron chi connectivity index (χ0n) is 59.6. The predicted molar refractivity (Wildman–Crippen MR) is 406 cm³/mol. The minimum atomic E-state index is -0.250. The van der Waals surface area contributed by atoms with Crippen LogP contribution >= 0.6 is 68.5 Å². The molecule has 0 saturated heterocycles. The van der Waals surface area contributed by atoms with Crippen molar-refractivity contribution >= 4 is 116 Å². The number of aromatic nitrogens is 8. The van der Waals surface area contributed by atoms with Crippen molar-refractivity contribution in [3.8, 4) is 11.8 Å². The van der Waals surface area contributed by atoms with E-state index in [1.165, 1.54) is 143 Å². The molecule has 99 heavy (non-hydrogen) atoms. The first-order chi connectivity index (χ1) is 48.0. The smallest absolute Gasteiger partial charge is 0.290 e. The molecule has 542 valence electrons. The van der Waals surface area contributed by atoms with Gasteiger partial charge in [0.2, 0.25) is 11.8 Å². The van der Waals surface area contributed by atoms with Crippen LogP contribution in [-0.2, 0) is 56.2 Å². The fourth-order valence-electron chi connectivity index (χ4n) is 16.2. The molecule has 0 spiro atoms. The van der Waals surface area contributed by atoms with Crippen LogP contribution in [0.25, 0.3) is 40.9 Å². The van der Waals surface area contributed by atoms with Crippen LogP contribution in [0.4, 0.5) is 0 Å². The van der Waals surface area contributed by atoms with E-state index in [1.54, 1.807) is 53.0 Å². The lowest BCUT2D eigenvalue weighted by atomic mass is 9.84. The maximum absolute atomic E-state index is 9.31. The van der Waals surface area contributed by atoms with Gasteiger partial charge < -0.3 is 44.6 Å². The molecule has 4 atom stereocenters. The third-order valence-electron chi connectivity index (χ3n) is 21.8. The molecule has 0 unspecified atom stereocenters. The van der Waals surface area contributed by atoms with Crippen LogP contribution < -0.4 is 9.47 Å². The van der Waals surface area contributed by atoms with Crippen LogP contribution in [0.2, 0.25) is 10.3 Å². The topological polar surface area (TPSA) is 229 Å². The summed E-state index contributed by atoms with van der Waals surface area (Å²) >= 11 is 19.6. The zero-order valence-corrected chi connectivity index (χ0v) is 64.4. The number of carboxylic acid groups (broad SMARTS) is 1. The van der Waals surface area contributed by atoms with Gasteiger partial charge in [0.25, 0.3) is 6.47 Å². The van der Waals surface area contributed by atoms with Gasteiger partial charge in [-0.2, -0.15) is 0 Å². The Bertz CT molecular complexity index is 3590. The van der Waals surface area contributed by atoms with E-state index < -0.39 is 0 Å². The Morgan fingerprint density at radius 1 is 0.434 bits per heavy atom. The summed E-state index contributed by atoms with van der Waals surface area (Å²) in [5, 5.41) is 40.2. The van der Waals surface area contributed by atoms with Crippen molar-refractivity contribution in [3.05, 3.63) is 77.4 Å². The molecule has 7 aliphatic carbocycles. The molecule has 24 heteroatoms. The van der Waals surface area contributed by atoms with Crippen LogP contribution in [-0.4, -0.2) is 173 Å². The summed E-state index contributed by atoms with van der Waals surface area (Å²) in [4.78, 5) is 60.4. The van der Waals surface area contributed by atoms with Gasteiger partial charge in [-0.3, -0.25) is 4.79 Å². The van der Waals surface area contributed by atoms with Crippen molar-refractivity contribution in [2.75, 3.05) is 55.5 Å². The maximum Gasteiger partial charge on any atom is 0.290 e. The largest absolute Gasteiger partial charge is 0.483 e. The van der Waals surface area contributed by atoms with Crippen molar-refractivity contribution < 1.29 is 34.7 Å². The monoisotopic (exact) mass is 1470 g/mol. The second-order valence-electron chi connectivity index (χ2n) is 29.0. The summed E-state index contributed by atoms with van der Waals surface area (Å²) < 4.78 is 12.9. The van der Waals surface area contributed by atoms with E-state index >= 15 is 0 Å². The summed E-state index contributed by atoms with van der Waals surface area (Å²) in [5.74, 6) is 4.40. The Morgan fingerprint density at radius 3 is 1.02 bits per heavy atom. The number of nitrogens with zero attached hydrogens (tertiary/aromatic N) is 11. The average molecular weight is 1470 g/mol. The molecule has 0 radical (unpaired) electrons. The minimum Gasteiger partial charge on any atom is -0.483 e. The third-order valence-corrected chi connectivity index (χ3v) is 27.2. The summed E-state index contributed by atoms with van der Waals surface area (Å²) in [6.45, 7) is 4.85. The van der Waals surface area contributed by atoms with Crippen molar-refractivity contribution in [1.29, 1.82) is 0 Å². The number of thiophene rings is 4. The minimum absolute atomic E-state index is 0.0174. The Morgan fingerprint density at radius 2 is 0.717 bits per heavy atom. The number of hydrogen-bond donors (Lipinski definition) is 4. The second-order valence-corrected chi connectivity index (χ2v) is 34.1. The number of carbonyl (C=O) groups is 1. The van der Waals surface area contributed by atoms with Crippen LogP contribution in [0, 0.1) is 23.7 Å². The highest BCUT2D eigenvalue weighted by Crippen LogP contribution is 2.46. The number of hydrogen-bond acceptors (Lipinski definition) is 21. The number of ether oxygens (including phenoxy) is 2. The summed E-state index contributed by atoms with van der Waals surface area (Å²) in [7, 11) is 12.9. The lowest BCUT2D eigenvalue weighted by molar-refractivity contribution is -0.122. The van der Waals surface area contributed by atoms with Gasteiger partial charge in [0, 0.05) is 50.8 Å². The number of aliphatic hydroxyl groups excluding tert-OH is 3. The van der Waals surface area contributed by atoms with Crippen molar-refractivity contribution in [2.24, 2.45) is 23.7 Å². The molecule has 7 aliphatic rings. The SMILES string of the molecule is CCC[C@@H]1CCc2sc3ncnc(Cl)c3c2C1.CCC[C@@H]1CCc2sc3ncnc(OC4CCC(N(C)C)CC4)c3c2C1.CN(C)C1CCC(O)CC1.CN(C)C1CCC(Oc2ncnc3sc4c(c23)C[C@H](CCO)CC4)CC1.O=CO.OCC[C@@H]1CCc2sc3ncnc(Cl)c3c2C1. The van der Waals surface area contributed by atoms with Crippen LogP contribution in [0.5, 0.6) is 11.8 Å². The summed E-state index contributed by atoms with van der Waals surface area (Å²) in [6.07, 6.45) is 41.4. The van der Waals surface area contributed by atoms with E-state index in [0.29, 0.717) is 46.4 Å². The Labute approximate surface area is 612 Å². The van der Waals surface area contributed by atoms with Gasteiger partial charge >= 0.3 is 0 Å². The van der Waals surface area contributed by atoms with Gasteiger partial charge in [0.1, 0.15) is 67.1 Å². The standard InChI is InChI=1S/C21H31N3OS.C20H29N3O2S.C13H15ClN2S.C12H13ClN2OS.C8H17NO.CH2O2/c1-4-5-14-6-11-18-17(12-14)19-20(22-13-23-21(19)26-18)25-16-9-7-15(8-10-16)24(2)3;1-23(2)14-4-6-15(7-5-14)25-19-18-16-11-13(9-10-24)3-8-17(16)26-20(18)22-12-21-19;1-2-3-8-4-5-10-9(6-8)11-12(14)15-7-16-13(11)17-10;13-11-10-8-5-7(3-4-16)1-2-9(8)17-12(10)15-6-14-11;1-9(2)7-3-5-8(10)6-4-7;2-1-3/h13-16H,4-12H2,1-3H3;12-15,24H,3-11H2,1-2H3;7-8H,2-6H2,1H3;6-7,16H,1-5H2;7-8,10H,3-6H2,1-2H3;1H,(H,2,3)/t14-,15?,16?;13-,14?,15?;8-;7-;;/m1010../s1. The van der Waals surface area contributed by atoms with Crippen molar-refractivity contribution in [2.45, 2.75) is 243 Å². The quantitative estimate of drug-likeness (QED) is 0.0552. The first kappa shape index (κ1) is 77.2. The molecule has 3 saturated carbocycles. The highest BCUT2D eigenvalue weighted by Gasteiger charge is 2.32. The molecule has 8 aromatic heterocycles. The van der Waals surface area contributed by atoms with Crippen LogP contribution in [0.15, 0.2) is 25.3 Å². The van der Waals surface area contributed by atoms with Gasteiger partial charge in [0.15, 0.2) is 0 Å². The fraction of sp³-hybridized carbons (Fsp3) is 0.667. The first-order valence-electron chi connectivity index (χ1n) is 36.6. The van der Waals surface area contributed by atoms with E-state index in [0.717, 1.165) is 162 Å². The van der Waals surface area contributed by atoms with Gasteiger partial charge in [-0.05, 0) is 255 Å². The van der Waals surface area contributed by atoms with E-state index in [-0.39, 0.29) is 31.9 Å². The van der Waals surface area contributed by atoms with E-state index in [4.69, 9.17) is 47.7 Å². The lowest BCUT2D eigenvalue weighted by Gasteiger charge is -2.32. The highest BCUT2D eigenvalue weighted by molar-refractivity contribution is 7.20. The lowest BCUT2D eigenvalue weighted by Crippen LogP contribution is -2.35. The van der Waals surface area contributed by atoms with Crippen molar-refractivity contribution in [1.82, 2.24) is 54.6 Å². The number of fused-ring (bicyclic) bond motifs is 12. The van der Waals surface area contributed by atoms with Gasteiger partial charge in [-0.15, -0.1) is 45.3 Å². The highest BCUT2D eigenvalue weighted by atomic mass is 35.5. The van der Waals surface area contributed by atoms with E-state index in [1.807, 2.05) is 11.3 Å². The molecule has 3 fully saturated rings.